The van der Waals surface area contributed by atoms with Crippen LogP contribution < -0.4 is 20.9 Å². The van der Waals surface area contributed by atoms with E-state index < -0.39 is 0 Å². The fourth-order valence-electron chi connectivity index (χ4n) is 3.04. The van der Waals surface area contributed by atoms with Crippen molar-refractivity contribution in [2.75, 3.05) is 7.11 Å². The van der Waals surface area contributed by atoms with Crippen molar-refractivity contribution in [1.29, 1.82) is 0 Å². The number of rotatable bonds is 4. The van der Waals surface area contributed by atoms with Gasteiger partial charge in [0, 0.05) is 12.1 Å². The Morgan fingerprint density at radius 3 is 2.60 bits per heavy atom. The first-order valence-corrected chi connectivity index (χ1v) is 9.09. The van der Waals surface area contributed by atoms with Gasteiger partial charge in [-0.05, 0) is 54.2 Å². The summed E-state index contributed by atoms with van der Waals surface area (Å²) in [5, 5.41) is 3.76. The highest BCUT2D eigenvalue weighted by Crippen LogP contribution is 2.29. The lowest BCUT2D eigenvalue weighted by Gasteiger charge is -2.35. The van der Waals surface area contributed by atoms with Crippen LogP contribution in [0, 0.1) is 11.8 Å². The van der Waals surface area contributed by atoms with Crippen molar-refractivity contribution in [3.63, 3.8) is 0 Å². The van der Waals surface area contributed by atoms with E-state index in [4.69, 9.17) is 17.0 Å². The molecule has 1 aromatic carbocycles. The zero-order valence-electron chi connectivity index (χ0n) is 15.0. The molecule has 0 bridgehead atoms. The van der Waals surface area contributed by atoms with Crippen LogP contribution in [0.25, 0.3) is 6.08 Å². The molecule has 1 fully saturated rings. The Hall–Kier alpha value is -2.08. The van der Waals surface area contributed by atoms with Crippen molar-refractivity contribution >= 4 is 29.3 Å². The average molecular weight is 362 g/mol. The van der Waals surface area contributed by atoms with Crippen LogP contribution in [-0.2, 0) is 4.79 Å². The molecule has 1 aliphatic rings. The third kappa shape index (κ3) is 6.05. The molecule has 0 heterocycles. The third-order valence-corrected chi connectivity index (χ3v) is 5.09. The highest BCUT2D eigenvalue weighted by molar-refractivity contribution is 7.80. The van der Waals surface area contributed by atoms with Crippen molar-refractivity contribution in [3.8, 4) is 5.75 Å². The molecule has 5 nitrogen and oxygen atoms in total. The van der Waals surface area contributed by atoms with Gasteiger partial charge in [-0.1, -0.05) is 38.8 Å². The third-order valence-electron chi connectivity index (χ3n) is 4.87. The summed E-state index contributed by atoms with van der Waals surface area (Å²) in [6.45, 7) is 4.53. The number of ether oxygens (including phenoxy) is 1. The lowest BCUT2D eigenvalue weighted by molar-refractivity contribution is -0.116. The van der Waals surface area contributed by atoms with E-state index in [1.54, 1.807) is 13.2 Å². The Morgan fingerprint density at radius 1 is 1.20 bits per heavy atom. The maximum atomic E-state index is 11.9. The number of benzene rings is 1. The Balaban J connectivity index is 1.75. The minimum absolute atomic E-state index is 0.259. The predicted molar refractivity (Wildman–Crippen MR) is 105 cm³/mol. The van der Waals surface area contributed by atoms with Gasteiger partial charge in [0.1, 0.15) is 5.75 Å². The van der Waals surface area contributed by atoms with E-state index >= 15 is 0 Å². The second-order valence-electron chi connectivity index (χ2n) is 6.57. The molecular weight excluding hydrogens is 334 g/mol. The van der Waals surface area contributed by atoms with E-state index in [1.165, 1.54) is 18.9 Å². The lowest BCUT2D eigenvalue weighted by Crippen LogP contribution is -2.52. The maximum absolute atomic E-state index is 11.9. The first-order valence-electron chi connectivity index (χ1n) is 8.68. The summed E-state index contributed by atoms with van der Waals surface area (Å²) < 4.78 is 5.10. The molecular formula is C19H27N3O2S. The number of carbonyl (C=O) groups excluding carboxylic acids is 1. The largest absolute Gasteiger partial charge is 0.497 e. The summed E-state index contributed by atoms with van der Waals surface area (Å²) in [6.07, 6.45) is 6.79. The zero-order valence-corrected chi connectivity index (χ0v) is 15.9. The molecule has 0 spiro atoms. The molecule has 136 valence electrons. The molecule has 2 rings (SSSR count). The number of methoxy groups -OCH3 is 1. The van der Waals surface area contributed by atoms with Gasteiger partial charge in [0.25, 0.3) is 5.91 Å². The van der Waals surface area contributed by atoms with Crippen LogP contribution in [0.3, 0.4) is 0 Å². The molecule has 0 unspecified atom stereocenters. The van der Waals surface area contributed by atoms with Crippen LogP contribution in [0.4, 0.5) is 0 Å². The van der Waals surface area contributed by atoms with Crippen molar-refractivity contribution in [2.24, 2.45) is 11.8 Å². The van der Waals surface area contributed by atoms with E-state index in [9.17, 15) is 4.79 Å². The van der Waals surface area contributed by atoms with E-state index in [0.717, 1.165) is 17.7 Å². The average Bonchev–Trinajstić information content (AvgIpc) is 2.62. The van der Waals surface area contributed by atoms with E-state index in [1.807, 2.05) is 24.3 Å². The fraction of sp³-hybridized carbons (Fsp3) is 0.474. The number of carbonyl (C=O) groups is 1. The standard InChI is InChI=1S/C19H27N3O2S/c1-13-5-4-6-17(14(13)2)20-19(25)22-21-18(23)12-9-15-7-10-16(24-3)11-8-15/h7-14,17H,4-6H2,1-3H3,(H,21,23)(H2,20,22,25)/b12-9+/t13-,14+,17+/m0/s1. The molecule has 0 aliphatic heterocycles. The normalized spacial score (nSPS) is 23.1. The van der Waals surface area contributed by atoms with Crippen LogP contribution in [0.15, 0.2) is 30.3 Å². The number of nitrogens with one attached hydrogen (secondary N) is 3. The molecule has 1 aromatic rings. The second-order valence-corrected chi connectivity index (χ2v) is 6.98. The number of thiocarbonyl (C=S) groups is 1. The summed E-state index contributed by atoms with van der Waals surface area (Å²) in [5.74, 6) is 1.78. The molecule has 0 aromatic heterocycles. The molecule has 1 saturated carbocycles. The van der Waals surface area contributed by atoms with Crippen LogP contribution in [0.5, 0.6) is 5.75 Å². The van der Waals surface area contributed by atoms with E-state index in [0.29, 0.717) is 23.0 Å². The Kier molecular flexibility index (Phi) is 7.25. The number of hydrazine groups is 1. The highest BCUT2D eigenvalue weighted by atomic mass is 32.1. The lowest BCUT2D eigenvalue weighted by atomic mass is 9.78. The number of hydrogen-bond donors (Lipinski definition) is 3. The van der Waals surface area contributed by atoms with Gasteiger partial charge in [-0.3, -0.25) is 15.6 Å². The summed E-state index contributed by atoms with van der Waals surface area (Å²) in [7, 11) is 1.62. The van der Waals surface area contributed by atoms with Gasteiger partial charge in [-0.25, -0.2) is 0 Å². The van der Waals surface area contributed by atoms with E-state index in [-0.39, 0.29) is 5.91 Å². The molecule has 6 heteroatoms. The molecule has 3 atom stereocenters. The minimum atomic E-state index is -0.259. The van der Waals surface area contributed by atoms with Gasteiger partial charge in [-0.2, -0.15) is 0 Å². The highest BCUT2D eigenvalue weighted by Gasteiger charge is 2.27. The Bertz CT molecular complexity index is 616. The molecule has 1 aliphatic carbocycles. The first kappa shape index (κ1) is 19.2. The van der Waals surface area contributed by atoms with Crippen molar-refractivity contribution in [3.05, 3.63) is 35.9 Å². The summed E-state index contributed by atoms with van der Waals surface area (Å²) in [6, 6.07) is 7.82. The molecule has 0 saturated heterocycles. The van der Waals surface area contributed by atoms with E-state index in [2.05, 4.69) is 30.0 Å². The molecule has 3 N–H and O–H groups in total. The van der Waals surface area contributed by atoms with Crippen molar-refractivity contribution in [2.45, 2.75) is 39.2 Å². The topological polar surface area (TPSA) is 62.4 Å². The van der Waals surface area contributed by atoms with Gasteiger partial charge in [0.05, 0.1) is 7.11 Å². The maximum Gasteiger partial charge on any atom is 0.262 e. The molecule has 25 heavy (non-hydrogen) atoms. The number of amides is 1. The van der Waals surface area contributed by atoms with Gasteiger partial charge in [0.2, 0.25) is 0 Å². The fourth-order valence-corrected chi connectivity index (χ4v) is 3.24. The van der Waals surface area contributed by atoms with Gasteiger partial charge < -0.3 is 10.1 Å². The van der Waals surface area contributed by atoms with Crippen LogP contribution in [0.1, 0.15) is 38.7 Å². The van der Waals surface area contributed by atoms with Gasteiger partial charge >= 0.3 is 0 Å². The van der Waals surface area contributed by atoms with Crippen molar-refractivity contribution < 1.29 is 9.53 Å². The molecule has 1 amide bonds. The monoisotopic (exact) mass is 361 g/mol. The van der Waals surface area contributed by atoms with Crippen LogP contribution >= 0.6 is 12.2 Å². The summed E-state index contributed by atoms with van der Waals surface area (Å²) in [4.78, 5) is 11.9. The SMILES string of the molecule is COc1ccc(/C=C/C(=O)NNC(=S)N[C@@H]2CCC[C@H](C)[C@H]2C)cc1. The Morgan fingerprint density at radius 2 is 1.92 bits per heavy atom. The smallest absolute Gasteiger partial charge is 0.262 e. The zero-order chi connectivity index (χ0) is 18.2. The van der Waals surface area contributed by atoms with Crippen LogP contribution in [-0.4, -0.2) is 24.2 Å². The van der Waals surface area contributed by atoms with Gasteiger partial charge in [-0.15, -0.1) is 0 Å². The van der Waals surface area contributed by atoms with Crippen molar-refractivity contribution in [1.82, 2.24) is 16.2 Å². The summed E-state index contributed by atoms with van der Waals surface area (Å²) in [5.41, 5.74) is 6.27. The Labute approximate surface area is 155 Å². The minimum Gasteiger partial charge on any atom is -0.497 e. The summed E-state index contributed by atoms with van der Waals surface area (Å²) >= 11 is 5.28. The van der Waals surface area contributed by atoms with Gasteiger partial charge in [0.15, 0.2) is 5.11 Å². The second kappa shape index (κ2) is 9.42. The quantitative estimate of drug-likeness (QED) is 0.437. The predicted octanol–water partition coefficient (Wildman–Crippen LogP) is 3.03. The number of hydrogen-bond acceptors (Lipinski definition) is 3. The first-order chi connectivity index (χ1) is 12.0. The van der Waals surface area contributed by atoms with Crippen LogP contribution in [0.2, 0.25) is 0 Å². The molecule has 0 radical (unpaired) electrons.